The molecule has 2 aromatic heterocycles. The fourth-order valence-corrected chi connectivity index (χ4v) is 3.83. The molecular weight excluding hydrogens is 444 g/mol. The third kappa shape index (κ3) is 4.08. The Bertz CT molecular complexity index is 1320. The number of pyridine rings is 1. The van der Waals surface area contributed by atoms with Gasteiger partial charge in [0.1, 0.15) is 22.5 Å². The van der Waals surface area contributed by atoms with Crippen molar-refractivity contribution in [3.05, 3.63) is 82.6 Å². The number of rotatable bonds is 6. The first kappa shape index (κ1) is 21.1. The molecule has 2 heterocycles. The van der Waals surface area contributed by atoms with Crippen LogP contribution in [0.15, 0.2) is 54.9 Å². The molecule has 0 saturated carbocycles. The van der Waals surface area contributed by atoms with E-state index in [1.54, 1.807) is 31.3 Å². The normalized spacial score (nSPS) is 12.1. The minimum absolute atomic E-state index is 0.0740. The average molecular weight is 460 g/mol. The van der Waals surface area contributed by atoms with Crippen molar-refractivity contribution in [2.45, 2.75) is 6.92 Å². The SMILES string of the molecule is CCS(=O)Nc1ccc(F)c(C(=O)c2c[nH]c3ncc(-c4ccc(Cl)cc4)cc23)c1F. The Morgan fingerprint density at radius 3 is 2.61 bits per heavy atom. The zero-order valence-electron chi connectivity index (χ0n) is 16.2. The standard InChI is InChI=1S/C22H16ClF2N3O2S/c1-2-31(30)28-18-8-7-17(24)19(20(18)25)21(29)16-11-27-22-15(16)9-13(10-26-22)12-3-5-14(23)6-4-12/h3-11,28H,2H2,1H3,(H,26,27). The van der Waals surface area contributed by atoms with Gasteiger partial charge in [0, 0.05) is 39.7 Å². The summed E-state index contributed by atoms with van der Waals surface area (Å²) >= 11 is 5.93. The number of anilines is 1. The van der Waals surface area contributed by atoms with Crippen molar-refractivity contribution < 1.29 is 17.8 Å². The lowest BCUT2D eigenvalue weighted by Crippen LogP contribution is -2.13. The number of nitrogens with one attached hydrogen (secondary N) is 2. The average Bonchev–Trinajstić information content (AvgIpc) is 3.19. The fraction of sp³-hybridized carbons (Fsp3) is 0.0909. The smallest absolute Gasteiger partial charge is 0.201 e. The number of aromatic amines is 1. The molecule has 0 bridgehead atoms. The molecule has 0 aliphatic heterocycles. The van der Waals surface area contributed by atoms with Gasteiger partial charge in [0.25, 0.3) is 0 Å². The van der Waals surface area contributed by atoms with Gasteiger partial charge in [-0.1, -0.05) is 30.7 Å². The number of benzene rings is 2. The topological polar surface area (TPSA) is 74.8 Å². The van der Waals surface area contributed by atoms with E-state index in [1.165, 1.54) is 6.20 Å². The number of nitrogens with zero attached hydrogens (tertiary/aromatic N) is 1. The van der Waals surface area contributed by atoms with Gasteiger partial charge >= 0.3 is 0 Å². The van der Waals surface area contributed by atoms with Gasteiger partial charge in [-0.05, 0) is 35.9 Å². The van der Waals surface area contributed by atoms with Crippen LogP contribution in [0, 0.1) is 11.6 Å². The third-order valence-electron chi connectivity index (χ3n) is 4.76. The maximum Gasteiger partial charge on any atom is 0.201 e. The molecule has 2 N–H and O–H groups in total. The van der Waals surface area contributed by atoms with Gasteiger partial charge in [-0.25, -0.2) is 18.0 Å². The minimum atomic E-state index is -1.55. The summed E-state index contributed by atoms with van der Waals surface area (Å²) in [7, 11) is -1.55. The number of halogens is 3. The molecule has 1 unspecified atom stereocenters. The Hall–Kier alpha value is -3.10. The van der Waals surface area contributed by atoms with E-state index >= 15 is 0 Å². The van der Waals surface area contributed by atoms with Crippen LogP contribution in [0.4, 0.5) is 14.5 Å². The molecule has 0 amide bonds. The highest BCUT2D eigenvalue weighted by Crippen LogP contribution is 2.29. The van der Waals surface area contributed by atoms with Crippen LogP contribution in [-0.4, -0.2) is 25.7 Å². The molecule has 31 heavy (non-hydrogen) atoms. The van der Waals surface area contributed by atoms with Crippen LogP contribution < -0.4 is 4.72 Å². The Kier molecular flexibility index (Phi) is 5.84. The van der Waals surface area contributed by atoms with Crippen molar-refractivity contribution >= 4 is 45.1 Å². The number of carbonyl (C=O) groups excluding carboxylic acids is 1. The van der Waals surface area contributed by atoms with E-state index < -0.39 is 34.0 Å². The lowest BCUT2D eigenvalue weighted by atomic mass is 10.00. The molecule has 0 saturated heterocycles. The second kappa shape index (κ2) is 8.56. The third-order valence-corrected chi connectivity index (χ3v) is 5.98. The Morgan fingerprint density at radius 2 is 1.90 bits per heavy atom. The van der Waals surface area contributed by atoms with Gasteiger partial charge in [-0.2, -0.15) is 0 Å². The molecule has 4 aromatic rings. The van der Waals surface area contributed by atoms with Crippen LogP contribution in [-0.2, 0) is 11.0 Å². The zero-order valence-corrected chi connectivity index (χ0v) is 17.8. The predicted molar refractivity (Wildman–Crippen MR) is 119 cm³/mol. The predicted octanol–water partition coefficient (Wildman–Crippen LogP) is 5.49. The molecule has 0 aliphatic carbocycles. The Balaban J connectivity index is 1.79. The van der Waals surface area contributed by atoms with E-state index in [4.69, 9.17) is 11.6 Å². The lowest BCUT2D eigenvalue weighted by molar-refractivity contribution is 0.103. The first-order valence-electron chi connectivity index (χ1n) is 9.29. The summed E-state index contributed by atoms with van der Waals surface area (Å²) in [6.07, 6.45) is 3.00. The van der Waals surface area contributed by atoms with Crippen molar-refractivity contribution in [3.8, 4) is 11.1 Å². The molecule has 5 nitrogen and oxygen atoms in total. The van der Waals surface area contributed by atoms with Crippen LogP contribution in [0.3, 0.4) is 0 Å². The summed E-state index contributed by atoms with van der Waals surface area (Å²) in [6.45, 7) is 1.65. The maximum absolute atomic E-state index is 15.0. The van der Waals surface area contributed by atoms with Crippen molar-refractivity contribution in [3.63, 3.8) is 0 Å². The second-order valence-electron chi connectivity index (χ2n) is 6.68. The van der Waals surface area contributed by atoms with Crippen molar-refractivity contribution in [2.75, 3.05) is 10.5 Å². The van der Waals surface area contributed by atoms with Crippen molar-refractivity contribution in [1.29, 1.82) is 0 Å². The van der Waals surface area contributed by atoms with Gasteiger partial charge < -0.3 is 9.71 Å². The number of carbonyl (C=O) groups is 1. The lowest BCUT2D eigenvalue weighted by Gasteiger charge is -2.10. The monoisotopic (exact) mass is 459 g/mol. The van der Waals surface area contributed by atoms with Gasteiger partial charge in [0.2, 0.25) is 5.78 Å². The number of aromatic nitrogens is 2. The van der Waals surface area contributed by atoms with E-state index in [2.05, 4.69) is 14.7 Å². The highest BCUT2D eigenvalue weighted by atomic mass is 35.5. The number of fused-ring (bicyclic) bond motifs is 1. The van der Waals surface area contributed by atoms with Crippen LogP contribution in [0.5, 0.6) is 0 Å². The molecule has 9 heteroatoms. The van der Waals surface area contributed by atoms with Crippen LogP contribution >= 0.6 is 11.6 Å². The molecule has 0 aliphatic rings. The Labute approximate surface area is 184 Å². The van der Waals surface area contributed by atoms with Gasteiger partial charge in [-0.3, -0.25) is 4.79 Å². The van der Waals surface area contributed by atoms with Crippen LogP contribution in [0.1, 0.15) is 22.8 Å². The molecule has 0 radical (unpaired) electrons. The molecule has 4 rings (SSSR count). The number of hydrogen-bond acceptors (Lipinski definition) is 3. The molecule has 0 fully saturated rings. The largest absolute Gasteiger partial charge is 0.345 e. The summed E-state index contributed by atoms with van der Waals surface area (Å²) in [4.78, 5) is 20.3. The maximum atomic E-state index is 15.0. The quantitative estimate of drug-likeness (QED) is 0.374. The van der Waals surface area contributed by atoms with Crippen molar-refractivity contribution in [1.82, 2.24) is 9.97 Å². The van der Waals surface area contributed by atoms with E-state index in [0.29, 0.717) is 21.6 Å². The second-order valence-corrected chi connectivity index (χ2v) is 8.59. The van der Waals surface area contributed by atoms with E-state index in [1.807, 2.05) is 12.1 Å². The molecule has 2 aromatic carbocycles. The zero-order chi connectivity index (χ0) is 22.1. The summed E-state index contributed by atoms with van der Waals surface area (Å²) in [5, 5.41) is 1.01. The number of ketones is 1. The van der Waals surface area contributed by atoms with Gasteiger partial charge in [0.05, 0.1) is 11.3 Å². The Morgan fingerprint density at radius 1 is 1.16 bits per heavy atom. The number of H-pyrrole nitrogens is 1. The summed E-state index contributed by atoms with van der Waals surface area (Å²) < 4.78 is 43.6. The first-order valence-corrected chi connectivity index (χ1v) is 11.0. The fourth-order valence-electron chi connectivity index (χ4n) is 3.16. The van der Waals surface area contributed by atoms with E-state index in [0.717, 1.165) is 17.7 Å². The molecule has 0 spiro atoms. The highest BCUT2D eigenvalue weighted by Gasteiger charge is 2.25. The van der Waals surface area contributed by atoms with Crippen molar-refractivity contribution in [2.24, 2.45) is 0 Å². The van der Waals surface area contributed by atoms with Gasteiger partial charge in [-0.15, -0.1) is 0 Å². The van der Waals surface area contributed by atoms with Crippen LogP contribution in [0.25, 0.3) is 22.2 Å². The summed E-state index contributed by atoms with van der Waals surface area (Å²) in [6, 6.07) is 10.9. The highest BCUT2D eigenvalue weighted by molar-refractivity contribution is 7.86. The molecule has 158 valence electrons. The first-order chi connectivity index (χ1) is 14.9. The summed E-state index contributed by atoms with van der Waals surface area (Å²) in [5.74, 6) is -2.72. The summed E-state index contributed by atoms with van der Waals surface area (Å²) in [5.41, 5.74) is 1.09. The number of hydrogen-bond donors (Lipinski definition) is 2. The molecular formula is C22H16ClF2N3O2S. The van der Waals surface area contributed by atoms with Gasteiger partial charge in [0.15, 0.2) is 5.82 Å². The molecule has 1 atom stereocenters. The van der Waals surface area contributed by atoms with E-state index in [-0.39, 0.29) is 17.0 Å². The minimum Gasteiger partial charge on any atom is -0.345 e. The van der Waals surface area contributed by atoms with E-state index in [9.17, 15) is 17.8 Å². The van der Waals surface area contributed by atoms with Crippen LogP contribution in [0.2, 0.25) is 5.02 Å².